The zero-order valence-corrected chi connectivity index (χ0v) is 30.1. The molecule has 2 aliphatic heterocycles. The summed E-state index contributed by atoms with van der Waals surface area (Å²) in [6, 6.07) is 5.62. The van der Waals surface area contributed by atoms with Crippen molar-refractivity contribution in [1.29, 1.82) is 0 Å². The summed E-state index contributed by atoms with van der Waals surface area (Å²) in [6.07, 6.45) is 6.01. The third-order valence-corrected chi connectivity index (χ3v) is 9.55. The Kier molecular flexibility index (Phi) is 13.3. The zero-order chi connectivity index (χ0) is 34.3. The number of nitrogens with zero attached hydrogens (tertiary/aromatic N) is 3. The molecule has 2 heterocycles. The monoisotopic (exact) mass is 657 g/mol. The molecule has 9 nitrogen and oxygen atoms in total. The summed E-state index contributed by atoms with van der Waals surface area (Å²) in [5, 5.41) is 6.69. The third kappa shape index (κ3) is 9.57. The van der Waals surface area contributed by atoms with E-state index in [0.29, 0.717) is 30.1 Å². The Balaban J connectivity index is 1.74. The highest BCUT2D eigenvalue weighted by molar-refractivity contribution is 6.30. The summed E-state index contributed by atoms with van der Waals surface area (Å²) in [5.74, 6) is -0.699. The van der Waals surface area contributed by atoms with Crippen LogP contribution in [-0.2, 0) is 25.7 Å². The Morgan fingerprint density at radius 2 is 1.67 bits per heavy atom. The van der Waals surface area contributed by atoms with Crippen LogP contribution in [0, 0.1) is 11.3 Å². The zero-order valence-electron chi connectivity index (χ0n) is 29.4. The SMILES string of the molecule is C/C(=C\[C@H](C(C)C)N(C)C(=O)[C@@H](NC(=O)C1CCCCN1C(C)C)C(C)(C)C)C(=O)N1CCC[C@H]1C(=O)NCc1cccc(Cl)c1. The number of carbonyl (C=O) groups excluding carboxylic acids is 4. The normalized spacial score (nSPS) is 20.9. The Morgan fingerprint density at radius 1 is 1.00 bits per heavy atom. The fraction of sp³-hybridized carbons (Fsp3) is 0.667. The van der Waals surface area contributed by atoms with Crippen LogP contribution in [0.5, 0.6) is 0 Å². The van der Waals surface area contributed by atoms with E-state index in [1.807, 2.05) is 58.9 Å². The number of likely N-dealkylation sites (tertiary alicyclic amines) is 2. The van der Waals surface area contributed by atoms with Gasteiger partial charge in [-0.2, -0.15) is 0 Å². The van der Waals surface area contributed by atoms with Gasteiger partial charge in [0.05, 0.1) is 12.1 Å². The molecular formula is C36H56ClN5O4. The molecule has 10 heteroatoms. The molecule has 3 rings (SSSR count). The highest BCUT2D eigenvalue weighted by atomic mass is 35.5. The maximum absolute atomic E-state index is 14.1. The van der Waals surface area contributed by atoms with Crippen LogP contribution in [0.1, 0.15) is 93.1 Å². The molecular weight excluding hydrogens is 602 g/mol. The summed E-state index contributed by atoms with van der Waals surface area (Å²) in [4.78, 5) is 60.2. The van der Waals surface area contributed by atoms with E-state index in [1.54, 1.807) is 29.8 Å². The fourth-order valence-corrected chi connectivity index (χ4v) is 6.85. The topological polar surface area (TPSA) is 102 Å². The fourth-order valence-electron chi connectivity index (χ4n) is 6.63. The number of halogens is 1. The van der Waals surface area contributed by atoms with E-state index in [4.69, 9.17) is 11.6 Å². The van der Waals surface area contributed by atoms with Gasteiger partial charge in [0.1, 0.15) is 12.1 Å². The number of likely N-dealkylation sites (N-methyl/N-ethyl adjacent to an activating group) is 1. The highest BCUT2D eigenvalue weighted by Crippen LogP contribution is 2.27. The number of nitrogens with one attached hydrogen (secondary N) is 2. The lowest BCUT2D eigenvalue weighted by atomic mass is 9.84. The molecule has 0 aliphatic carbocycles. The van der Waals surface area contributed by atoms with Crippen LogP contribution in [0.4, 0.5) is 0 Å². The minimum Gasteiger partial charge on any atom is -0.350 e. The Bertz CT molecular complexity index is 1270. The molecule has 0 radical (unpaired) electrons. The Morgan fingerprint density at radius 3 is 2.28 bits per heavy atom. The summed E-state index contributed by atoms with van der Waals surface area (Å²) >= 11 is 6.08. The first kappa shape index (κ1) is 37.5. The molecule has 0 aromatic heterocycles. The number of hydrogen-bond donors (Lipinski definition) is 2. The van der Waals surface area contributed by atoms with E-state index < -0.39 is 23.5 Å². The van der Waals surface area contributed by atoms with Gasteiger partial charge in [0, 0.05) is 36.8 Å². The first-order valence-corrected chi connectivity index (χ1v) is 17.2. The molecule has 2 fully saturated rings. The number of piperidine rings is 1. The quantitative estimate of drug-likeness (QED) is 0.320. The maximum atomic E-state index is 14.1. The summed E-state index contributed by atoms with van der Waals surface area (Å²) in [6.45, 7) is 17.6. The predicted octanol–water partition coefficient (Wildman–Crippen LogP) is 5.17. The maximum Gasteiger partial charge on any atom is 0.249 e. The molecule has 1 aromatic rings. The molecule has 0 bridgehead atoms. The lowest BCUT2D eigenvalue weighted by Gasteiger charge is -2.41. The molecule has 2 N–H and O–H groups in total. The van der Waals surface area contributed by atoms with Gasteiger partial charge < -0.3 is 20.4 Å². The lowest BCUT2D eigenvalue weighted by molar-refractivity contribution is -0.142. The molecule has 0 saturated carbocycles. The van der Waals surface area contributed by atoms with Crippen molar-refractivity contribution < 1.29 is 19.2 Å². The Hall–Kier alpha value is -2.91. The minimum atomic E-state index is -0.738. The van der Waals surface area contributed by atoms with Crippen LogP contribution >= 0.6 is 11.6 Å². The van der Waals surface area contributed by atoms with Gasteiger partial charge in [-0.1, -0.05) is 70.8 Å². The van der Waals surface area contributed by atoms with Crippen LogP contribution in [-0.4, -0.2) is 88.7 Å². The predicted molar refractivity (Wildman–Crippen MR) is 184 cm³/mol. The number of amides is 4. The van der Waals surface area contributed by atoms with Crippen molar-refractivity contribution in [2.24, 2.45) is 11.3 Å². The highest BCUT2D eigenvalue weighted by Gasteiger charge is 2.40. The first-order chi connectivity index (χ1) is 21.5. The summed E-state index contributed by atoms with van der Waals surface area (Å²) < 4.78 is 0. The van der Waals surface area contributed by atoms with Crippen LogP contribution in [0.2, 0.25) is 5.02 Å². The van der Waals surface area contributed by atoms with E-state index in [0.717, 1.165) is 37.8 Å². The molecule has 1 aromatic carbocycles. The van der Waals surface area contributed by atoms with Crippen molar-refractivity contribution in [3.05, 3.63) is 46.5 Å². The minimum absolute atomic E-state index is 0.00170. The lowest BCUT2D eigenvalue weighted by Crippen LogP contribution is -2.60. The van der Waals surface area contributed by atoms with Gasteiger partial charge in [-0.3, -0.25) is 24.1 Å². The standard InChI is InChI=1S/C36H56ClN5O4/c1-23(2)30(40(9)35(46)31(36(6,7)8)39-33(44)29-16-10-11-18-41(29)24(3)4)20-25(5)34(45)42-19-13-17-28(42)32(43)38-22-26-14-12-15-27(37)21-26/h12,14-15,20-21,23-24,28-31H,10-11,13,16-19,22H2,1-9H3,(H,38,43)(H,39,44)/b25-20+/t28-,29?,30+,31+/m0/s1. The third-order valence-electron chi connectivity index (χ3n) is 9.32. The van der Waals surface area contributed by atoms with Gasteiger partial charge in [0.15, 0.2) is 0 Å². The van der Waals surface area contributed by atoms with Crippen molar-refractivity contribution in [2.75, 3.05) is 20.1 Å². The van der Waals surface area contributed by atoms with Gasteiger partial charge in [-0.05, 0) is 82.0 Å². The summed E-state index contributed by atoms with van der Waals surface area (Å²) in [7, 11) is 1.75. The van der Waals surface area contributed by atoms with Crippen molar-refractivity contribution in [3.8, 4) is 0 Å². The van der Waals surface area contributed by atoms with Crippen molar-refractivity contribution in [1.82, 2.24) is 25.3 Å². The second-order valence-corrected chi connectivity index (χ2v) is 15.1. The van der Waals surface area contributed by atoms with Gasteiger partial charge >= 0.3 is 0 Å². The molecule has 2 aliphatic rings. The van der Waals surface area contributed by atoms with Crippen LogP contribution in [0.25, 0.3) is 0 Å². The molecule has 4 atom stereocenters. The molecule has 1 unspecified atom stereocenters. The van der Waals surface area contributed by atoms with Crippen LogP contribution < -0.4 is 10.6 Å². The number of benzene rings is 1. The van der Waals surface area contributed by atoms with Crippen LogP contribution in [0.3, 0.4) is 0 Å². The van der Waals surface area contributed by atoms with E-state index in [-0.39, 0.29) is 41.6 Å². The van der Waals surface area contributed by atoms with E-state index in [9.17, 15) is 19.2 Å². The first-order valence-electron chi connectivity index (χ1n) is 16.9. The van der Waals surface area contributed by atoms with Crippen molar-refractivity contribution in [2.45, 2.75) is 124 Å². The largest absolute Gasteiger partial charge is 0.350 e. The van der Waals surface area contributed by atoms with Gasteiger partial charge in [-0.15, -0.1) is 0 Å². The van der Waals surface area contributed by atoms with Crippen LogP contribution in [0.15, 0.2) is 35.9 Å². The molecule has 46 heavy (non-hydrogen) atoms. The van der Waals surface area contributed by atoms with E-state index >= 15 is 0 Å². The van der Waals surface area contributed by atoms with E-state index in [2.05, 4.69) is 29.4 Å². The number of hydrogen-bond acceptors (Lipinski definition) is 5. The molecule has 256 valence electrons. The van der Waals surface area contributed by atoms with Gasteiger partial charge in [0.2, 0.25) is 23.6 Å². The summed E-state index contributed by atoms with van der Waals surface area (Å²) in [5.41, 5.74) is 0.843. The van der Waals surface area contributed by atoms with Gasteiger partial charge in [-0.25, -0.2) is 0 Å². The second kappa shape index (κ2) is 16.3. The van der Waals surface area contributed by atoms with Crippen molar-refractivity contribution >= 4 is 35.2 Å². The smallest absolute Gasteiger partial charge is 0.249 e. The van der Waals surface area contributed by atoms with Crippen molar-refractivity contribution in [3.63, 3.8) is 0 Å². The molecule has 4 amide bonds. The molecule has 0 spiro atoms. The number of carbonyl (C=O) groups is 4. The van der Waals surface area contributed by atoms with E-state index in [1.165, 1.54) is 0 Å². The second-order valence-electron chi connectivity index (χ2n) is 14.7. The molecule has 2 saturated heterocycles. The average Bonchev–Trinajstić information content (AvgIpc) is 3.49. The number of rotatable bonds is 11. The Labute approximate surface area is 281 Å². The van der Waals surface area contributed by atoms with Gasteiger partial charge in [0.25, 0.3) is 0 Å². The average molecular weight is 658 g/mol.